The summed E-state index contributed by atoms with van der Waals surface area (Å²) in [6.07, 6.45) is 3.35. The summed E-state index contributed by atoms with van der Waals surface area (Å²) in [5.41, 5.74) is 0.863. The number of carbonyl (C=O) groups excluding carboxylic acids is 1. The molecule has 3 rings (SSSR count). The van der Waals surface area contributed by atoms with Crippen LogP contribution in [0.1, 0.15) is 33.1 Å². The predicted molar refractivity (Wildman–Crippen MR) is 97.8 cm³/mol. The lowest BCUT2D eigenvalue weighted by Gasteiger charge is -2.39. The summed E-state index contributed by atoms with van der Waals surface area (Å²) in [4.78, 5) is 14.5. The Hall–Kier alpha value is -1.34. The van der Waals surface area contributed by atoms with Gasteiger partial charge in [0.25, 0.3) is 5.22 Å². The van der Waals surface area contributed by atoms with E-state index in [1.165, 1.54) is 18.2 Å². The maximum absolute atomic E-state index is 12.5. The number of likely N-dealkylation sites (tertiary alicyclic amines) is 1. The van der Waals surface area contributed by atoms with E-state index in [-0.39, 0.29) is 5.91 Å². The van der Waals surface area contributed by atoms with Gasteiger partial charge in [0.1, 0.15) is 0 Å². The highest BCUT2D eigenvalue weighted by Gasteiger charge is 2.29. The van der Waals surface area contributed by atoms with E-state index >= 15 is 0 Å². The third-order valence-electron chi connectivity index (χ3n) is 4.30. The molecule has 0 radical (unpaired) electrons. The molecule has 24 heavy (non-hydrogen) atoms. The van der Waals surface area contributed by atoms with E-state index in [2.05, 4.69) is 40.0 Å². The van der Waals surface area contributed by atoms with Crippen LogP contribution in [-0.4, -0.2) is 38.8 Å². The van der Waals surface area contributed by atoms with Crippen molar-refractivity contribution in [2.75, 3.05) is 5.75 Å². The number of nitrogens with zero attached hydrogens (tertiary/aromatic N) is 3. The Morgan fingerprint density at radius 3 is 2.58 bits per heavy atom. The third kappa shape index (κ3) is 4.00. The smallest absolute Gasteiger partial charge is 0.277 e. The number of thioether (sulfide) groups is 1. The van der Waals surface area contributed by atoms with Crippen LogP contribution in [-0.2, 0) is 4.79 Å². The van der Waals surface area contributed by atoms with Crippen molar-refractivity contribution in [3.8, 4) is 11.5 Å². The number of halogens is 1. The second-order valence-electron chi connectivity index (χ2n) is 6.10. The molecule has 0 bridgehead atoms. The van der Waals surface area contributed by atoms with Gasteiger partial charge in [-0.3, -0.25) is 4.79 Å². The lowest BCUT2D eigenvalue weighted by molar-refractivity contribution is -0.134. The van der Waals surface area contributed by atoms with E-state index < -0.39 is 0 Å². The standard InChI is InChI=1S/C17H20BrN3O2S/c1-11-4-3-5-12(2)21(11)15(22)10-24-17-20-19-16(23-17)13-6-8-14(18)9-7-13/h6-9,11-12H,3-5,10H2,1-2H3. The fourth-order valence-corrected chi connectivity index (χ4v) is 3.98. The van der Waals surface area contributed by atoms with Crippen LogP contribution in [0.5, 0.6) is 0 Å². The quantitative estimate of drug-likeness (QED) is 0.701. The van der Waals surface area contributed by atoms with Crippen LogP contribution in [0.2, 0.25) is 0 Å². The molecule has 2 atom stereocenters. The summed E-state index contributed by atoms with van der Waals surface area (Å²) in [6, 6.07) is 8.29. The van der Waals surface area contributed by atoms with E-state index in [9.17, 15) is 4.79 Å². The number of hydrogen-bond donors (Lipinski definition) is 0. The van der Waals surface area contributed by atoms with Crippen molar-refractivity contribution in [3.05, 3.63) is 28.7 Å². The van der Waals surface area contributed by atoms with Gasteiger partial charge in [-0.05, 0) is 57.4 Å². The minimum absolute atomic E-state index is 0.142. The van der Waals surface area contributed by atoms with Gasteiger partial charge < -0.3 is 9.32 Å². The monoisotopic (exact) mass is 409 g/mol. The second kappa shape index (κ2) is 7.70. The molecule has 1 fully saturated rings. The Morgan fingerprint density at radius 2 is 1.92 bits per heavy atom. The summed E-state index contributed by atoms with van der Waals surface area (Å²) >= 11 is 4.70. The average molecular weight is 410 g/mol. The van der Waals surface area contributed by atoms with Gasteiger partial charge in [0.2, 0.25) is 11.8 Å². The molecule has 1 aliphatic rings. The molecule has 5 nitrogen and oxygen atoms in total. The van der Waals surface area contributed by atoms with Crippen LogP contribution in [0.4, 0.5) is 0 Å². The topological polar surface area (TPSA) is 59.2 Å². The van der Waals surface area contributed by atoms with E-state index in [1.54, 1.807) is 0 Å². The van der Waals surface area contributed by atoms with Gasteiger partial charge in [0, 0.05) is 22.1 Å². The Balaban J connectivity index is 1.61. The summed E-state index contributed by atoms with van der Waals surface area (Å²) in [7, 11) is 0. The Bertz CT molecular complexity index is 694. The van der Waals surface area contributed by atoms with Crippen LogP contribution in [0.3, 0.4) is 0 Å². The van der Waals surface area contributed by atoms with Crippen molar-refractivity contribution in [1.29, 1.82) is 0 Å². The lowest BCUT2D eigenvalue weighted by Crippen LogP contribution is -2.48. The normalized spacial score (nSPS) is 21.0. The van der Waals surface area contributed by atoms with Gasteiger partial charge in [-0.2, -0.15) is 0 Å². The zero-order valence-electron chi connectivity index (χ0n) is 13.7. The predicted octanol–water partition coefficient (Wildman–Crippen LogP) is 4.38. The minimum atomic E-state index is 0.142. The number of aromatic nitrogens is 2. The molecule has 2 heterocycles. The minimum Gasteiger partial charge on any atom is -0.411 e. The molecule has 128 valence electrons. The number of carbonyl (C=O) groups is 1. The van der Waals surface area contributed by atoms with Gasteiger partial charge in [-0.25, -0.2) is 0 Å². The van der Waals surface area contributed by atoms with Crippen molar-refractivity contribution in [2.45, 2.75) is 50.4 Å². The first-order valence-corrected chi connectivity index (χ1v) is 9.86. The van der Waals surface area contributed by atoms with Crippen molar-refractivity contribution >= 4 is 33.6 Å². The van der Waals surface area contributed by atoms with Crippen LogP contribution < -0.4 is 0 Å². The molecule has 1 aromatic carbocycles. The average Bonchev–Trinajstić information content (AvgIpc) is 3.02. The highest BCUT2D eigenvalue weighted by atomic mass is 79.9. The first-order chi connectivity index (χ1) is 11.5. The number of benzene rings is 1. The number of hydrogen-bond acceptors (Lipinski definition) is 5. The SMILES string of the molecule is CC1CCCC(C)N1C(=O)CSc1nnc(-c2ccc(Br)cc2)o1. The van der Waals surface area contributed by atoms with Gasteiger partial charge in [-0.15, -0.1) is 10.2 Å². The molecule has 0 aliphatic carbocycles. The molecular weight excluding hydrogens is 390 g/mol. The summed E-state index contributed by atoms with van der Waals surface area (Å²) in [5, 5.41) is 8.52. The molecular formula is C17H20BrN3O2S. The summed E-state index contributed by atoms with van der Waals surface area (Å²) in [5.74, 6) is 0.941. The Kier molecular flexibility index (Phi) is 5.61. The molecule has 7 heteroatoms. The van der Waals surface area contributed by atoms with E-state index in [0.717, 1.165) is 22.9 Å². The maximum atomic E-state index is 12.5. The maximum Gasteiger partial charge on any atom is 0.277 e. The zero-order chi connectivity index (χ0) is 17.1. The highest BCUT2D eigenvalue weighted by molar-refractivity contribution is 9.10. The first-order valence-electron chi connectivity index (χ1n) is 8.08. The molecule has 0 spiro atoms. The Morgan fingerprint density at radius 1 is 1.25 bits per heavy atom. The summed E-state index contributed by atoms with van der Waals surface area (Å²) < 4.78 is 6.65. The molecule has 1 amide bonds. The van der Waals surface area contributed by atoms with Crippen LogP contribution in [0, 0.1) is 0 Å². The van der Waals surface area contributed by atoms with Gasteiger partial charge in [0.05, 0.1) is 5.75 Å². The van der Waals surface area contributed by atoms with E-state index in [4.69, 9.17) is 4.42 Å². The highest BCUT2D eigenvalue weighted by Crippen LogP contribution is 2.27. The molecule has 0 saturated carbocycles. The van der Waals surface area contributed by atoms with Crippen LogP contribution in [0.25, 0.3) is 11.5 Å². The largest absolute Gasteiger partial charge is 0.411 e. The first kappa shape index (κ1) is 17.5. The lowest BCUT2D eigenvalue weighted by atomic mass is 9.98. The fourth-order valence-electron chi connectivity index (χ4n) is 3.09. The summed E-state index contributed by atoms with van der Waals surface area (Å²) in [6.45, 7) is 4.24. The zero-order valence-corrected chi connectivity index (χ0v) is 16.1. The van der Waals surface area contributed by atoms with Crippen molar-refractivity contribution < 1.29 is 9.21 Å². The fraction of sp³-hybridized carbons (Fsp3) is 0.471. The van der Waals surface area contributed by atoms with Crippen LogP contribution >= 0.6 is 27.7 Å². The van der Waals surface area contributed by atoms with Crippen molar-refractivity contribution in [3.63, 3.8) is 0 Å². The van der Waals surface area contributed by atoms with Gasteiger partial charge in [-0.1, -0.05) is 27.7 Å². The van der Waals surface area contributed by atoms with Gasteiger partial charge in [0.15, 0.2) is 0 Å². The molecule has 1 aliphatic heterocycles. The van der Waals surface area contributed by atoms with Gasteiger partial charge >= 0.3 is 0 Å². The number of piperidine rings is 1. The number of amides is 1. The van der Waals surface area contributed by atoms with Crippen molar-refractivity contribution in [2.24, 2.45) is 0 Å². The van der Waals surface area contributed by atoms with E-state index in [1.807, 2.05) is 29.2 Å². The molecule has 2 aromatic rings. The van der Waals surface area contributed by atoms with Crippen LogP contribution in [0.15, 0.2) is 38.4 Å². The molecule has 0 N–H and O–H groups in total. The molecule has 2 unspecified atom stereocenters. The number of rotatable bonds is 4. The van der Waals surface area contributed by atoms with E-state index in [0.29, 0.717) is 29.0 Å². The van der Waals surface area contributed by atoms with Crippen molar-refractivity contribution in [1.82, 2.24) is 15.1 Å². The molecule has 1 saturated heterocycles. The third-order valence-corrected chi connectivity index (χ3v) is 5.63. The molecule has 1 aromatic heterocycles. The Labute approximate surface area is 154 Å². The second-order valence-corrected chi connectivity index (χ2v) is 7.94.